The fourth-order valence-electron chi connectivity index (χ4n) is 4.49. The molecule has 0 saturated carbocycles. The molecule has 2 saturated heterocycles. The molecule has 6 nitrogen and oxygen atoms in total. The predicted molar refractivity (Wildman–Crippen MR) is 144 cm³/mol. The van der Waals surface area contributed by atoms with Gasteiger partial charge in [-0.05, 0) is 55.0 Å². The van der Waals surface area contributed by atoms with Gasteiger partial charge in [0, 0.05) is 51.4 Å². The minimum absolute atomic E-state index is 0. The zero-order chi connectivity index (χ0) is 21.5. The molecule has 0 radical (unpaired) electrons. The van der Waals surface area contributed by atoms with Crippen LogP contribution in [0.3, 0.4) is 0 Å². The van der Waals surface area contributed by atoms with Gasteiger partial charge in [0.2, 0.25) is 0 Å². The molecule has 1 aromatic heterocycles. The average Bonchev–Trinajstić information content (AvgIpc) is 3.38. The normalized spacial score (nSPS) is 18.8. The fraction of sp³-hybridized carbons (Fsp3) is 0.542. The summed E-state index contributed by atoms with van der Waals surface area (Å²) in [5.74, 6) is 1.93. The van der Waals surface area contributed by atoms with E-state index in [1.54, 1.807) is 7.11 Å². The Kier molecular flexibility index (Phi) is 9.48. The summed E-state index contributed by atoms with van der Waals surface area (Å²) in [5.41, 5.74) is 1.35. The maximum Gasteiger partial charge on any atom is 0.194 e. The number of thiophene rings is 1. The van der Waals surface area contributed by atoms with Crippen molar-refractivity contribution in [3.05, 3.63) is 47.3 Å². The van der Waals surface area contributed by atoms with E-state index in [2.05, 4.69) is 63.8 Å². The number of benzene rings is 1. The molecule has 0 aliphatic carbocycles. The van der Waals surface area contributed by atoms with Gasteiger partial charge in [-0.25, -0.2) is 0 Å². The molecule has 176 valence electrons. The molecule has 8 heteroatoms. The number of hydrogen-bond donors (Lipinski definition) is 1. The van der Waals surface area contributed by atoms with Crippen LogP contribution >= 0.6 is 35.3 Å². The lowest BCUT2D eigenvalue weighted by molar-refractivity contribution is 0.0530. The number of anilines is 1. The first-order valence-corrected chi connectivity index (χ1v) is 12.2. The maximum atomic E-state index is 5.71. The Hall–Kier alpha value is -1.52. The zero-order valence-corrected chi connectivity index (χ0v) is 22.2. The van der Waals surface area contributed by atoms with E-state index in [4.69, 9.17) is 14.5 Å². The van der Waals surface area contributed by atoms with Crippen molar-refractivity contribution < 1.29 is 9.47 Å². The number of nitrogens with zero attached hydrogens (tertiary/aromatic N) is 3. The lowest BCUT2D eigenvalue weighted by atomic mass is 9.74. The zero-order valence-electron chi connectivity index (χ0n) is 19.1. The van der Waals surface area contributed by atoms with E-state index in [9.17, 15) is 0 Å². The standard InChI is InChI=1S/C24H34N4O2S.HI/c1-3-25-23(28-14-12-27(13-15-28)22-5-4-18-31-22)26-19-24(10-16-30-17-11-24)20-6-8-21(29-2)9-7-20;/h4-9,18H,3,10-17,19H2,1-2H3,(H,25,26);1H. The van der Waals surface area contributed by atoms with Crippen molar-refractivity contribution >= 4 is 46.3 Å². The lowest BCUT2D eigenvalue weighted by Crippen LogP contribution is -2.53. The van der Waals surface area contributed by atoms with Crippen molar-refractivity contribution in [2.75, 3.05) is 64.5 Å². The van der Waals surface area contributed by atoms with E-state index >= 15 is 0 Å². The minimum atomic E-state index is 0. The van der Waals surface area contributed by atoms with Crippen molar-refractivity contribution in [2.24, 2.45) is 4.99 Å². The molecule has 0 spiro atoms. The molecule has 0 atom stereocenters. The number of halogens is 1. The molecule has 0 amide bonds. The topological polar surface area (TPSA) is 49.3 Å². The summed E-state index contributed by atoms with van der Waals surface area (Å²) in [6, 6.07) is 12.9. The van der Waals surface area contributed by atoms with Crippen LogP contribution in [0.1, 0.15) is 25.3 Å². The van der Waals surface area contributed by atoms with E-state index in [-0.39, 0.29) is 29.4 Å². The van der Waals surface area contributed by atoms with Gasteiger partial charge in [-0.1, -0.05) is 12.1 Å². The van der Waals surface area contributed by atoms with Crippen molar-refractivity contribution in [1.82, 2.24) is 10.2 Å². The van der Waals surface area contributed by atoms with Crippen LogP contribution in [0.2, 0.25) is 0 Å². The first-order chi connectivity index (χ1) is 15.2. The Morgan fingerprint density at radius 1 is 1.12 bits per heavy atom. The summed E-state index contributed by atoms with van der Waals surface area (Å²) in [6.07, 6.45) is 1.99. The third kappa shape index (κ3) is 5.88. The van der Waals surface area contributed by atoms with Crippen molar-refractivity contribution in [3.63, 3.8) is 0 Å². The van der Waals surface area contributed by atoms with Crippen molar-refractivity contribution in [1.29, 1.82) is 0 Å². The van der Waals surface area contributed by atoms with Gasteiger partial charge in [0.1, 0.15) is 5.75 Å². The van der Waals surface area contributed by atoms with Crippen molar-refractivity contribution in [3.8, 4) is 5.75 Å². The smallest absolute Gasteiger partial charge is 0.194 e. The van der Waals surface area contributed by atoms with E-state index < -0.39 is 0 Å². The van der Waals surface area contributed by atoms with Crippen LogP contribution in [0.4, 0.5) is 5.00 Å². The summed E-state index contributed by atoms with van der Waals surface area (Å²) >= 11 is 1.82. The Labute approximate surface area is 213 Å². The molecule has 1 N–H and O–H groups in total. The molecule has 2 fully saturated rings. The largest absolute Gasteiger partial charge is 0.497 e. The third-order valence-corrected chi connectivity index (χ3v) is 7.34. The van der Waals surface area contributed by atoms with E-state index in [1.807, 2.05) is 11.3 Å². The average molecular weight is 571 g/mol. The Morgan fingerprint density at radius 3 is 2.44 bits per heavy atom. The highest BCUT2D eigenvalue weighted by molar-refractivity contribution is 14.0. The molecule has 2 aliphatic heterocycles. The van der Waals surface area contributed by atoms with Crippen LogP contribution in [-0.4, -0.2) is 70.5 Å². The molecule has 32 heavy (non-hydrogen) atoms. The summed E-state index contributed by atoms with van der Waals surface area (Å²) < 4.78 is 11.1. The predicted octanol–water partition coefficient (Wildman–Crippen LogP) is 4.21. The number of rotatable bonds is 6. The molecule has 2 aromatic rings. The third-order valence-electron chi connectivity index (χ3n) is 6.42. The second-order valence-electron chi connectivity index (χ2n) is 8.22. The molecular weight excluding hydrogens is 535 g/mol. The Bertz CT molecular complexity index is 830. The van der Waals surface area contributed by atoms with Gasteiger partial charge in [0.15, 0.2) is 5.96 Å². The summed E-state index contributed by atoms with van der Waals surface area (Å²) in [7, 11) is 1.71. The van der Waals surface area contributed by atoms with Gasteiger partial charge in [-0.3, -0.25) is 4.99 Å². The van der Waals surface area contributed by atoms with Crippen molar-refractivity contribution in [2.45, 2.75) is 25.2 Å². The monoisotopic (exact) mass is 570 g/mol. The van der Waals surface area contributed by atoms with Gasteiger partial charge in [-0.15, -0.1) is 35.3 Å². The summed E-state index contributed by atoms with van der Waals surface area (Å²) in [4.78, 5) is 10.1. The van der Waals surface area contributed by atoms with Gasteiger partial charge >= 0.3 is 0 Å². The van der Waals surface area contributed by atoms with Crippen LogP contribution in [0.25, 0.3) is 0 Å². The number of aliphatic imine (C=N–C) groups is 1. The molecule has 2 aliphatic rings. The number of hydrogen-bond acceptors (Lipinski definition) is 5. The second-order valence-corrected chi connectivity index (χ2v) is 9.14. The number of guanidine groups is 1. The highest BCUT2D eigenvalue weighted by atomic mass is 127. The van der Waals surface area contributed by atoms with Crippen LogP contribution in [0, 0.1) is 0 Å². The number of methoxy groups -OCH3 is 1. The molecule has 4 rings (SSSR count). The lowest BCUT2D eigenvalue weighted by Gasteiger charge is -2.39. The first-order valence-electron chi connectivity index (χ1n) is 11.3. The van der Waals surface area contributed by atoms with Crippen LogP contribution < -0.4 is 15.0 Å². The highest BCUT2D eigenvalue weighted by Crippen LogP contribution is 2.36. The van der Waals surface area contributed by atoms with Gasteiger partial charge in [0.25, 0.3) is 0 Å². The summed E-state index contributed by atoms with van der Waals surface area (Å²) in [5, 5.41) is 7.05. The number of piperazine rings is 1. The minimum Gasteiger partial charge on any atom is -0.497 e. The van der Waals surface area contributed by atoms with Gasteiger partial charge < -0.3 is 24.6 Å². The quantitative estimate of drug-likeness (QED) is 0.321. The molecular formula is C24H35IN4O2S. The van der Waals surface area contributed by atoms with Crippen LogP contribution in [0.5, 0.6) is 5.75 Å². The van der Waals surface area contributed by atoms with Crippen LogP contribution in [-0.2, 0) is 10.2 Å². The van der Waals surface area contributed by atoms with E-state index in [1.165, 1.54) is 10.6 Å². The number of nitrogens with one attached hydrogen (secondary N) is 1. The molecule has 0 bridgehead atoms. The maximum absolute atomic E-state index is 5.71. The Morgan fingerprint density at radius 2 is 1.84 bits per heavy atom. The molecule has 1 aromatic carbocycles. The van der Waals surface area contributed by atoms with E-state index in [0.29, 0.717) is 0 Å². The SMILES string of the molecule is CCNC(=NCC1(c2ccc(OC)cc2)CCOCC1)N1CCN(c2cccs2)CC1.I. The van der Waals surface area contributed by atoms with Gasteiger partial charge in [-0.2, -0.15) is 0 Å². The molecule has 3 heterocycles. The Balaban J connectivity index is 0.00000289. The van der Waals surface area contributed by atoms with Gasteiger partial charge in [0.05, 0.1) is 18.7 Å². The summed E-state index contributed by atoms with van der Waals surface area (Å²) in [6.45, 7) is 9.41. The van der Waals surface area contributed by atoms with E-state index in [0.717, 1.165) is 77.0 Å². The number of ether oxygens (including phenoxy) is 2. The van der Waals surface area contributed by atoms with Crippen LogP contribution in [0.15, 0.2) is 46.8 Å². The second kappa shape index (κ2) is 12.1. The highest BCUT2D eigenvalue weighted by Gasteiger charge is 2.35. The first kappa shape index (κ1) is 25.1. The molecule has 0 unspecified atom stereocenters. The fourth-order valence-corrected chi connectivity index (χ4v) is 5.27.